The molecule has 0 saturated heterocycles. The van der Waals surface area contributed by atoms with Crippen LogP contribution in [-0.4, -0.2) is 27.0 Å². The number of amides is 1. The third-order valence-corrected chi connectivity index (χ3v) is 6.93. The highest BCUT2D eigenvalue weighted by atomic mass is 35.5. The molecule has 1 heterocycles. The van der Waals surface area contributed by atoms with Gasteiger partial charge in [-0.15, -0.1) is 0 Å². The molecule has 0 radical (unpaired) electrons. The van der Waals surface area contributed by atoms with E-state index in [1.807, 2.05) is 12.1 Å². The molecular weight excluding hydrogens is 424 g/mol. The number of para-hydroxylation sites is 2. The monoisotopic (exact) mass is 442 g/mol. The minimum absolute atomic E-state index is 0.136. The fraction of sp³-hybridized carbons (Fsp3) is 0.136. The number of hydrogen-bond acceptors (Lipinski definition) is 4. The fourth-order valence-corrected chi connectivity index (χ4v) is 4.92. The maximum Gasteiger partial charge on any atom is 0.264 e. The van der Waals surface area contributed by atoms with Crippen LogP contribution in [0.4, 0.5) is 5.69 Å². The third-order valence-electron chi connectivity index (χ3n) is 4.77. The average Bonchev–Trinajstić information content (AvgIpc) is 2.78. The number of halogens is 1. The number of hydrogen-bond donors (Lipinski definition) is 1. The molecule has 4 rings (SSSR count). The lowest BCUT2D eigenvalue weighted by Gasteiger charge is -2.34. The van der Waals surface area contributed by atoms with E-state index in [9.17, 15) is 13.2 Å². The van der Waals surface area contributed by atoms with Crippen LogP contribution in [0.5, 0.6) is 5.75 Å². The summed E-state index contributed by atoms with van der Waals surface area (Å²) >= 11 is 6.14. The van der Waals surface area contributed by atoms with Crippen LogP contribution in [0.25, 0.3) is 0 Å². The number of carbonyl (C=O) groups is 1. The zero-order valence-corrected chi connectivity index (χ0v) is 17.4. The molecule has 154 valence electrons. The molecular formula is C22H19ClN2O4S. The molecule has 3 aromatic rings. The first-order valence-electron chi connectivity index (χ1n) is 9.31. The van der Waals surface area contributed by atoms with Crippen molar-refractivity contribution in [2.45, 2.75) is 17.5 Å². The Morgan fingerprint density at radius 3 is 2.43 bits per heavy atom. The van der Waals surface area contributed by atoms with Crippen molar-refractivity contribution in [2.24, 2.45) is 0 Å². The maximum atomic E-state index is 13.3. The van der Waals surface area contributed by atoms with Crippen molar-refractivity contribution in [2.75, 3.05) is 10.8 Å². The lowest BCUT2D eigenvalue weighted by Crippen LogP contribution is -2.50. The molecule has 0 bridgehead atoms. The highest BCUT2D eigenvalue weighted by molar-refractivity contribution is 7.92. The van der Waals surface area contributed by atoms with Crippen LogP contribution in [0.15, 0.2) is 83.8 Å². The summed E-state index contributed by atoms with van der Waals surface area (Å²) in [5.41, 5.74) is 1.16. The topological polar surface area (TPSA) is 75.7 Å². The van der Waals surface area contributed by atoms with Gasteiger partial charge in [0, 0.05) is 11.6 Å². The lowest BCUT2D eigenvalue weighted by molar-refractivity contribution is -0.127. The van der Waals surface area contributed by atoms with Gasteiger partial charge in [0.1, 0.15) is 5.75 Å². The van der Waals surface area contributed by atoms with Gasteiger partial charge >= 0.3 is 0 Å². The van der Waals surface area contributed by atoms with Gasteiger partial charge in [0.2, 0.25) is 0 Å². The summed E-state index contributed by atoms with van der Waals surface area (Å²) in [6.07, 6.45) is -0.999. The Morgan fingerprint density at radius 1 is 1.00 bits per heavy atom. The van der Waals surface area contributed by atoms with E-state index in [0.29, 0.717) is 16.5 Å². The highest BCUT2D eigenvalue weighted by Gasteiger charge is 2.37. The third kappa shape index (κ3) is 3.99. The molecule has 1 aliphatic rings. The van der Waals surface area contributed by atoms with E-state index in [0.717, 1.165) is 5.56 Å². The van der Waals surface area contributed by atoms with Gasteiger partial charge in [-0.3, -0.25) is 9.10 Å². The van der Waals surface area contributed by atoms with Crippen molar-refractivity contribution in [3.63, 3.8) is 0 Å². The Bertz CT molecular complexity index is 1170. The van der Waals surface area contributed by atoms with Crippen molar-refractivity contribution >= 4 is 33.2 Å². The molecule has 6 nitrogen and oxygen atoms in total. The summed E-state index contributed by atoms with van der Waals surface area (Å²) in [7, 11) is -3.86. The zero-order valence-electron chi connectivity index (χ0n) is 15.9. The molecule has 1 amide bonds. The number of sulfonamides is 1. The molecule has 0 spiro atoms. The summed E-state index contributed by atoms with van der Waals surface area (Å²) in [5, 5.41) is 3.32. The number of nitrogens with zero attached hydrogens (tertiary/aromatic N) is 1. The molecule has 0 aliphatic carbocycles. The summed E-state index contributed by atoms with van der Waals surface area (Å²) in [6.45, 7) is 0.0774. The van der Waals surface area contributed by atoms with Gasteiger partial charge in [-0.2, -0.15) is 0 Å². The van der Waals surface area contributed by atoms with Crippen LogP contribution in [-0.2, 0) is 21.4 Å². The fourth-order valence-electron chi connectivity index (χ4n) is 3.22. The summed E-state index contributed by atoms with van der Waals surface area (Å²) in [6, 6.07) is 22.1. The van der Waals surface area contributed by atoms with Crippen molar-refractivity contribution in [1.29, 1.82) is 0 Å². The first-order valence-corrected chi connectivity index (χ1v) is 11.1. The Kier molecular flexibility index (Phi) is 5.65. The van der Waals surface area contributed by atoms with E-state index in [2.05, 4.69) is 5.32 Å². The zero-order chi connectivity index (χ0) is 21.1. The second-order valence-electron chi connectivity index (χ2n) is 6.73. The number of benzene rings is 3. The maximum absolute atomic E-state index is 13.3. The second kappa shape index (κ2) is 8.38. The van der Waals surface area contributed by atoms with E-state index in [4.69, 9.17) is 16.3 Å². The number of fused-ring (bicyclic) bond motifs is 1. The number of ether oxygens (including phenoxy) is 1. The number of carbonyl (C=O) groups excluding carboxylic acids is 1. The van der Waals surface area contributed by atoms with Crippen LogP contribution in [0.1, 0.15) is 5.56 Å². The van der Waals surface area contributed by atoms with Crippen LogP contribution >= 0.6 is 11.6 Å². The number of anilines is 1. The minimum atomic E-state index is -3.86. The quantitative estimate of drug-likeness (QED) is 0.655. The highest BCUT2D eigenvalue weighted by Crippen LogP contribution is 2.36. The Morgan fingerprint density at radius 2 is 1.67 bits per heavy atom. The van der Waals surface area contributed by atoms with Crippen molar-refractivity contribution in [1.82, 2.24) is 5.32 Å². The largest absolute Gasteiger partial charge is 0.476 e. The Labute approximate surface area is 180 Å². The SMILES string of the molecule is O=C(NCc1ccccc1Cl)C1CN(S(=O)(=O)c2ccccc2)c2ccccc2O1. The molecule has 1 N–H and O–H groups in total. The molecule has 0 fully saturated rings. The van der Waals surface area contributed by atoms with Gasteiger partial charge in [0.05, 0.1) is 17.1 Å². The predicted molar refractivity (Wildman–Crippen MR) is 115 cm³/mol. The van der Waals surface area contributed by atoms with Crippen LogP contribution in [0.2, 0.25) is 5.02 Å². The molecule has 30 heavy (non-hydrogen) atoms. The van der Waals surface area contributed by atoms with Gasteiger partial charge in [-0.05, 0) is 35.9 Å². The van der Waals surface area contributed by atoms with Crippen molar-refractivity contribution < 1.29 is 17.9 Å². The average molecular weight is 443 g/mol. The van der Waals surface area contributed by atoms with Gasteiger partial charge < -0.3 is 10.1 Å². The van der Waals surface area contributed by atoms with Gasteiger partial charge in [0.25, 0.3) is 15.9 Å². The summed E-state index contributed by atoms with van der Waals surface area (Å²) in [4.78, 5) is 13.0. The Balaban J connectivity index is 1.60. The first kappa shape index (κ1) is 20.3. The van der Waals surface area contributed by atoms with Gasteiger partial charge in [-0.25, -0.2) is 8.42 Å². The standard InChI is InChI=1S/C22H19ClN2O4S/c23-18-11-5-4-8-16(18)14-24-22(26)21-15-25(19-12-6-7-13-20(19)29-21)30(27,28)17-9-2-1-3-10-17/h1-13,21H,14-15H2,(H,24,26). The lowest BCUT2D eigenvalue weighted by atomic mass is 10.2. The molecule has 0 aromatic heterocycles. The molecule has 0 saturated carbocycles. The van der Waals surface area contributed by atoms with Crippen molar-refractivity contribution in [3.05, 3.63) is 89.4 Å². The van der Waals surface area contributed by atoms with E-state index in [1.165, 1.54) is 16.4 Å². The molecule has 1 atom stereocenters. The summed E-state index contributed by atoms with van der Waals surface area (Å²) in [5.74, 6) is -0.0844. The molecule has 3 aromatic carbocycles. The Hall–Kier alpha value is -3.03. The second-order valence-corrected chi connectivity index (χ2v) is 9.00. The predicted octanol–water partition coefficient (Wildman–Crippen LogP) is 3.61. The minimum Gasteiger partial charge on any atom is -0.476 e. The summed E-state index contributed by atoms with van der Waals surface area (Å²) < 4.78 is 33.6. The molecule has 8 heteroatoms. The van der Waals surface area contributed by atoms with E-state index < -0.39 is 22.0 Å². The van der Waals surface area contributed by atoms with Crippen molar-refractivity contribution in [3.8, 4) is 5.75 Å². The molecule has 1 aliphatic heterocycles. The van der Waals surface area contributed by atoms with E-state index in [1.54, 1.807) is 54.6 Å². The van der Waals surface area contributed by atoms with Gasteiger partial charge in [-0.1, -0.05) is 60.1 Å². The number of nitrogens with one attached hydrogen (secondary N) is 1. The van der Waals surface area contributed by atoms with E-state index >= 15 is 0 Å². The van der Waals surface area contributed by atoms with Crippen LogP contribution in [0, 0.1) is 0 Å². The van der Waals surface area contributed by atoms with Gasteiger partial charge in [0.15, 0.2) is 6.10 Å². The van der Waals surface area contributed by atoms with E-state index in [-0.39, 0.29) is 18.0 Å². The first-order chi connectivity index (χ1) is 14.5. The number of rotatable bonds is 5. The van der Waals surface area contributed by atoms with Crippen LogP contribution < -0.4 is 14.4 Å². The smallest absolute Gasteiger partial charge is 0.264 e. The molecule has 1 unspecified atom stereocenters. The van der Waals surface area contributed by atoms with Crippen LogP contribution in [0.3, 0.4) is 0 Å². The normalized spacial score (nSPS) is 15.8.